The highest BCUT2D eigenvalue weighted by atomic mass is 35.5. The van der Waals surface area contributed by atoms with Gasteiger partial charge in [0.05, 0.1) is 21.5 Å². The van der Waals surface area contributed by atoms with E-state index in [2.05, 4.69) is 0 Å². The molecule has 1 heterocycles. The van der Waals surface area contributed by atoms with Crippen molar-refractivity contribution in [3.63, 3.8) is 0 Å². The zero-order chi connectivity index (χ0) is 24.5. The van der Waals surface area contributed by atoms with E-state index < -0.39 is 21.3 Å². The summed E-state index contributed by atoms with van der Waals surface area (Å²) in [5, 5.41) is 0.293. The maximum Gasteiger partial charge on any atom is 0.339 e. The molecule has 1 saturated heterocycles. The van der Waals surface area contributed by atoms with Crippen molar-refractivity contribution in [3.8, 4) is 5.75 Å². The topological polar surface area (TPSA) is 80.8 Å². The third-order valence-corrected chi connectivity index (χ3v) is 7.78. The van der Waals surface area contributed by atoms with Gasteiger partial charge in [-0.1, -0.05) is 59.1 Å². The molecule has 3 aromatic rings. The highest BCUT2D eigenvalue weighted by molar-refractivity contribution is 8.18. The number of hydrogen-bond donors (Lipinski definition) is 0. The smallest absolute Gasteiger partial charge is 0.339 e. The second-order valence-corrected chi connectivity index (χ2v) is 10.8. The van der Waals surface area contributed by atoms with Crippen LogP contribution in [0.3, 0.4) is 0 Å². The van der Waals surface area contributed by atoms with Gasteiger partial charge < -0.3 is 4.18 Å². The van der Waals surface area contributed by atoms with Crippen molar-refractivity contribution >= 4 is 62.3 Å². The number of hydrogen-bond acceptors (Lipinski definition) is 6. The maximum absolute atomic E-state index is 12.8. The summed E-state index contributed by atoms with van der Waals surface area (Å²) < 4.78 is 30.4. The van der Waals surface area contributed by atoms with Crippen LogP contribution in [0.25, 0.3) is 6.08 Å². The summed E-state index contributed by atoms with van der Waals surface area (Å²) in [5.74, 6) is -0.371. The Kier molecular flexibility index (Phi) is 7.04. The fraction of sp³-hybridized carbons (Fsp3) is 0.0833. The first-order valence-corrected chi connectivity index (χ1v) is 12.9. The maximum atomic E-state index is 12.8. The van der Waals surface area contributed by atoms with Crippen LogP contribution in [-0.4, -0.2) is 24.5 Å². The van der Waals surface area contributed by atoms with Crippen LogP contribution in [0.4, 0.5) is 4.79 Å². The second-order valence-electron chi connectivity index (χ2n) is 7.44. The van der Waals surface area contributed by atoms with Crippen molar-refractivity contribution in [2.24, 2.45) is 0 Å². The monoisotopic (exact) mass is 533 g/mol. The molecule has 0 saturated carbocycles. The SMILES string of the molecule is Cc1ccc(S(=O)(=O)Oc2cccc(/C=C3\SC(=O)N(Cc4ccc(Cl)c(Cl)c4)C3=O)c2)cc1. The molecule has 174 valence electrons. The second kappa shape index (κ2) is 9.84. The van der Waals surface area contributed by atoms with E-state index in [1.54, 1.807) is 42.5 Å². The van der Waals surface area contributed by atoms with Crippen LogP contribution >= 0.6 is 35.0 Å². The quantitative estimate of drug-likeness (QED) is 0.273. The number of rotatable bonds is 6. The molecule has 0 unspecified atom stereocenters. The Morgan fingerprint density at radius 3 is 2.41 bits per heavy atom. The number of carbonyl (C=O) groups is 2. The van der Waals surface area contributed by atoms with Gasteiger partial charge >= 0.3 is 10.1 Å². The molecule has 1 fully saturated rings. The summed E-state index contributed by atoms with van der Waals surface area (Å²) in [6.45, 7) is 1.91. The number of thioether (sulfide) groups is 1. The van der Waals surface area contributed by atoms with Crippen LogP contribution < -0.4 is 4.18 Å². The largest absolute Gasteiger partial charge is 0.379 e. The number of amides is 2. The van der Waals surface area contributed by atoms with E-state index >= 15 is 0 Å². The van der Waals surface area contributed by atoms with Gasteiger partial charge in [-0.05, 0) is 72.3 Å². The molecule has 3 aromatic carbocycles. The molecule has 0 aromatic heterocycles. The van der Waals surface area contributed by atoms with Crippen LogP contribution in [-0.2, 0) is 21.5 Å². The van der Waals surface area contributed by atoms with Gasteiger partial charge in [0.1, 0.15) is 10.6 Å². The Labute approximate surface area is 211 Å². The van der Waals surface area contributed by atoms with Gasteiger partial charge in [-0.15, -0.1) is 0 Å². The zero-order valence-electron chi connectivity index (χ0n) is 17.7. The lowest BCUT2D eigenvalue weighted by atomic mass is 10.2. The molecule has 6 nitrogen and oxygen atoms in total. The summed E-state index contributed by atoms with van der Waals surface area (Å²) in [6.07, 6.45) is 1.52. The first-order valence-electron chi connectivity index (χ1n) is 9.93. The van der Waals surface area contributed by atoms with E-state index in [1.165, 1.54) is 30.3 Å². The minimum atomic E-state index is -4.02. The lowest BCUT2D eigenvalue weighted by Crippen LogP contribution is -2.27. The molecule has 10 heteroatoms. The molecule has 0 bridgehead atoms. The third kappa shape index (κ3) is 5.47. The summed E-state index contributed by atoms with van der Waals surface area (Å²) in [4.78, 5) is 26.6. The fourth-order valence-corrected chi connectivity index (χ4v) is 5.23. The van der Waals surface area contributed by atoms with Crippen LogP contribution in [0.2, 0.25) is 10.0 Å². The van der Waals surface area contributed by atoms with E-state index in [0.29, 0.717) is 21.2 Å². The Morgan fingerprint density at radius 1 is 0.971 bits per heavy atom. The van der Waals surface area contributed by atoms with Gasteiger partial charge in [-0.2, -0.15) is 8.42 Å². The molecule has 0 N–H and O–H groups in total. The van der Waals surface area contributed by atoms with E-state index in [9.17, 15) is 18.0 Å². The summed E-state index contributed by atoms with van der Waals surface area (Å²) in [6, 6.07) is 17.5. The highest BCUT2D eigenvalue weighted by Crippen LogP contribution is 2.34. The van der Waals surface area contributed by atoms with Gasteiger partial charge in [-0.25, -0.2) is 0 Å². The Balaban J connectivity index is 1.52. The Bertz CT molecular complexity index is 1420. The zero-order valence-corrected chi connectivity index (χ0v) is 20.8. The van der Waals surface area contributed by atoms with Gasteiger partial charge in [-0.3, -0.25) is 14.5 Å². The van der Waals surface area contributed by atoms with Gasteiger partial charge in [0.2, 0.25) is 0 Å². The predicted molar refractivity (Wildman–Crippen MR) is 133 cm³/mol. The molecule has 0 radical (unpaired) electrons. The fourth-order valence-electron chi connectivity index (χ4n) is 3.14. The summed E-state index contributed by atoms with van der Waals surface area (Å²) in [5.41, 5.74) is 2.10. The minimum absolute atomic E-state index is 0.0342. The molecule has 34 heavy (non-hydrogen) atoms. The van der Waals surface area contributed by atoms with Crippen molar-refractivity contribution < 1.29 is 22.2 Å². The number of benzene rings is 3. The Hall–Kier alpha value is -2.78. The van der Waals surface area contributed by atoms with Crippen molar-refractivity contribution in [3.05, 3.63) is 98.4 Å². The molecule has 0 aliphatic carbocycles. The molecular weight excluding hydrogens is 517 g/mol. The molecule has 1 aliphatic rings. The van der Waals surface area contributed by atoms with Crippen LogP contribution in [0, 0.1) is 6.92 Å². The van der Waals surface area contributed by atoms with E-state index in [1.807, 2.05) is 6.92 Å². The van der Waals surface area contributed by atoms with E-state index in [0.717, 1.165) is 22.2 Å². The molecule has 2 amide bonds. The number of nitrogens with zero attached hydrogens (tertiary/aromatic N) is 1. The standard InChI is InChI=1S/C24H17Cl2NO5S2/c1-15-5-8-19(9-6-15)34(30,31)32-18-4-2-3-16(11-18)13-22-23(28)27(24(29)33-22)14-17-7-10-20(25)21(26)12-17/h2-13H,14H2,1H3/b22-13-. The molecule has 0 atom stereocenters. The first kappa shape index (κ1) is 24.3. The van der Waals surface area contributed by atoms with Gasteiger partial charge in [0, 0.05) is 0 Å². The predicted octanol–water partition coefficient (Wildman–Crippen LogP) is 6.31. The number of aryl methyl sites for hydroxylation is 1. The molecule has 0 spiro atoms. The van der Waals surface area contributed by atoms with Crippen LogP contribution in [0.1, 0.15) is 16.7 Å². The van der Waals surface area contributed by atoms with E-state index in [-0.39, 0.29) is 22.1 Å². The average Bonchev–Trinajstić information content (AvgIpc) is 3.04. The molecule has 1 aliphatic heterocycles. The van der Waals surface area contributed by atoms with Crippen molar-refractivity contribution in [2.45, 2.75) is 18.4 Å². The van der Waals surface area contributed by atoms with Crippen LogP contribution in [0.15, 0.2) is 76.5 Å². The average molecular weight is 534 g/mol. The molecular formula is C24H17Cl2NO5S2. The third-order valence-electron chi connectivity index (χ3n) is 4.87. The van der Waals surface area contributed by atoms with Crippen LogP contribution in [0.5, 0.6) is 5.75 Å². The van der Waals surface area contributed by atoms with E-state index in [4.69, 9.17) is 27.4 Å². The number of imide groups is 1. The molecule has 4 rings (SSSR count). The van der Waals surface area contributed by atoms with Crippen molar-refractivity contribution in [1.82, 2.24) is 4.90 Å². The normalized spacial score (nSPS) is 15.3. The number of halogens is 2. The lowest BCUT2D eigenvalue weighted by molar-refractivity contribution is -0.123. The number of carbonyl (C=O) groups excluding carboxylic acids is 2. The highest BCUT2D eigenvalue weighted by Gasteiger charge is 2.35. The summed E-state index contributed by atoms with van der Waals surface area (Å²) >= 11 is 12.7. The summed E-state index contributed by atoms with van der Waals surface area (Å²) in [7, 11) is -4.02. The minimum Gasteiger partial charge on any atom is -0.379 e. The van der Waals surface area contributed by atoms with Gasteiger partial charge in [0.15, 0.2) is 0 Å². The van der Waals surface area contributed by atoms with Crippen molar-refractivity contribution in [2.75, 3.05) is 0 Å². The first-order chi connectivity index (χ1) is 16.1. The Morgan fingerprint density at radius 2 is 1.71 bits per heavy atom. The lowest BCUT2D eigenvalue weighted by Gasteiger charge is -2.13. The van der Waals surface area contributed by atoms with Gasteiger partial charge in [0.25, 0.3) is 11.1 Å². The van der Waals surface area contributed by atoms with Crippen molar-refractivity contribution in [1.29, 1.82) is 0 Å².